The van der Waals surface area contributed by atoms with Crippen molar-refractivity contribution in [1.29, 1.82) is 0 Å². The Morgan fingerprint density at radius 2 is 1.47 bits per heavy atom. The van der Waals surface area contributed by atoms with E-state index in [1.54, 1.807) is 0 Å². The monoisotopic (exact) mass is 243 g/mol. The average Bonchev–Trinajstić information content (AvgIpc) is 2.40. The van der Waals surface area contributed by atoms with Gasteiger partial charge >= 0.3 is 0 Å². The van der Waals surface area contributed by atoms with Crippen molar-refractivity contribution in [3.05, 3.63) is 54.6 Å². The van der Waals surface area contributed by atoms with Gasteiger partial charge in [0.1, 0.15) is 0 Å². The second kappa shape index (κ2) is 5.43. The third-order valence-corrected chi connectivity index (χ3v) is 2.60. The molecule has 17 heavy (non-hydrogen) atoms. The first-order chi connectivity index (χ1) is 8.29. The van der Waals surface area contributed by atoms with Gasteiger partial charge in [-0.15, -0.1) is 0 Å². The lowest BCUT2D eigenvalue weighted by Crippen LogP contribution is -2.34. The molecule has 2 aromatic carbocycles. The van der Waals surface area contributed by atoms with Gasteiger partial charge < -0.3 is 10.7 Å². The molecule has 4 heteroatoms. The Labute approximate surface area is 106 Å². The summed E-state index contributed by atoms with van der Waals surface area (Å²) in [7, 11) is 0. The van der Waals surface area contributed by atoms with Gasteiger partial charge in [-0.3, -0.25) is 0 Å². The van der Waals surface area contributed by atoms with E-state index in [2.05, 4.69) is 22.9 Å². The van der Waals surface area contributed by atoms with Crippen molar-refractivity contribution in [2.45, 2.75) is 0 Å². The van der Waals surface area contributed by atoms with Crippen LogP contribution < -0.4 is 16.6 Å². The van der Waals surface area contributed by atoms with Crippen LogP contribution in [0.5, 0.6) is 0 Å². The van der Waals surface area contributed by atoms with E-state index >= 15 is 0 Å². The molecule has 0 aliphatic carbocycles. The normalized spacial score (nSPS) is 9.71. The highest BCUT2D eigenvalue weighted by Gasteiger charge is 1.98. The number of nitrogens with two attached hydrogens (primary N) is 1. The number of rotatable bonds is 2. The number of thiocarbonyl (C=S) groups is 1. The topological polar surface area (TPSA) is 50.1 Å². The lowest BCUT2D eigenvalue weighted by molar-refractivity contribution is 1.04. The third kappa shape index (κ3) is 3.03. The Morgan fingerprint density at radius 3 is 2.06 bits per heavy atom. The Balaban J connectivity index is 2.16. The van der Waals surface area contributed by atoms with Crippen LogP contribution in [0.2, 0.25) is 0 Å². The van der Waals surface area contributed by atoms with Crippen LogP contribution in [0.1, 0.15) is 0 Å². The molecule has 2 aromatic rings. The van der Waals surface area contributed by atoms with Crippen LogP contribution >= 0.6 is 12.2 Å². The van der Waals surface area contributed by atoms with Gasteiger partial charge in [0.05, 0.1) is 0 Å². The lowest BCUT2D eigenvalue weighted by Gasteiger charge is -2.07. The molecule has 0 amide bonds. The number of anilines is 1. The minimum atomic E-state index is 0.400. The zero-order valence-corrected chi connectivity index (χ0v) is 10.00. The van der Waals surface area contributed by atoms with Gasteiger partial charge in [-0.25, -0.2) is 5.84 Å². The van der Waals surface area contributed by atoms with Crippen LogP contribution in [0.3, 0.4) is 0 Å². The molecule has 4 N–H and O–H groups in total. The van der Waals surface area contributed by atoms with Crippen molar-refractivity contribution in [3.8, 4) is 11.1 Å². The molecule has 0 saturated heterocycles. The summed E-state index contributed by atoms with van der Waals surface area (Å²) in [6, 6.07) is 18.2. The molecule has 0 bridgehead atoms. The van der Waals surface area contributed by atoms with E-state index in [-0.39, 0.29) is 0 Å². The Morgan fingerprint density at radius 1 is 0.882 bits per heavy atom. The summed E-state index contributed by atoms with van der Waals surface area (Å²) in [5, 5.41) is 3.37. The Kier molecular flexibility index (Phi) is 3.69. The Bertz CT molecular complexity index is 494. The summed E-state index contributed by atoms with van der Waals surface area (Å²) < 4.78 is 0. The minimum absolute atomic E-state index is 0.400. The third-order valence-electron chi connectivity index (χ3n) is 2.38. The summed E-state index contributed by atoms with van der Waals surface area (Å²) in [5.74, 6) is 5.19. The maximum absolute atomic E-state index is 5.19. The molecular weight excluding hydrogens is 230 g/mol. The van der Waals surface area contributed by atoms with Crippen LogP contribution in [-0.2, 0) is 0 Å². The van der Waals surface area contributed by atoms with Crippen LogP contribution in [0, 0.1) is 0 Å². The predicted octanol–water partition coefficient (Wildman–Crippen LogP) is 2.51. The van der Waals surface area contributed by atoms with E-state index in [1.807, 2.05) is 42.5 Å². The van der Waals surface area contributed by atoms with Gasteiger partial charge in [0.15, 0.2) is 5.11 Å². The first-order valence-corrected chi connectivity index (χ1v) is 5.63. The lowest BCUT2D eigenvalue weighted by atomic mass is 10.1. The van der Waals surface area contributed by atoms with Gasteiger partial charge in [-0.05, 0) is 35.5 Å². The second-order valence-corrected chi connectivity index (χ2v) is 3.95. The average molecular weight is 243 g/mol. The zero-order chi connectivity index (χ0) is 12.1. The van der Waals surface area contributed by atoms with E-state index in [0.717, 1.165) is 5.69 Å². The summed E-state index contributed by atoms with van der Waals surface area (Å²) in [6.45, 7) is 0. The highest BCUT2D eigenvalue weighted by atomic mass is 32.1. The molecular formula is C13H13N3S. The van der Waals surface area contributed by atoms with Crippen molar-refractivity contribution in [2.24, 2.45) is 5.84 Å². The van der Waals surface area contributed by atoms with Gasteiger partial charge in [0.2, 0.25) is 0 Å². The Hall–Kier alpha value is -1.91. The molecule has 0 radical (unpaired) electrons. The molecule has 0 fully saturated rings. The molecule has 0 aromatic heterocycles. The molecule has 0 atom stereocenters. The van der Waals surface area contributed by atoms with Crippen LogP contribution in [-0.4, -0.2) is 5.11 Å². The van der Waals surface area contributed by atoms with Gasteiger partial charge in [0, 0.05) is 5.69 Å². The fourth-order valence-electron chi connectivity index (χ4n) is 1.54. The number of hydrazine groups is 1. The van der Waals surface area contributed by atoms with E-state index in [9.17, 15) is 0 Å². The summed E-state index contributed by atoms with van der Waals surface area (Å²) in [5.41, 5.74) is 5.65. The van der Waals surface area contributed by atoms with E-state index < -0.39 is 0 Å². The summed E-state index contributed by atoms with van der Waals surface area (Å²) >= 11 is 4.92. The smallest absolute Gasteiger partial charge is 0.185 e. The number of hydrogen-bond acceptors (Lipinski definition) is 2. The molecule has 0 saturated carbocycles. The van der Waals surface area contributed by atoms with E-state index in [0.29, 0.717) is 5.11 Å². The van der Waals surface area contributed by atoms with E-state index in [1.165, 1.54) is 11.1 Å². The fourth-order valence-corrected chi connectivity index (χ4v) is 1.66. The van der Waals surface area contributed by atoms with E-state index in [4.69, 9.17) is 18.1 Å². The molecule has 0 aliphatic heterocycles. The minimum Gasteiger partial charge on any atom is -0.332 e. The first-order valence-electron chi connectivity index (χ1n) is 5.22. The summed E-state index contributed by atoms with van der Waals surface area (Å²) in [6.07, 6.45) is 0. The van der Waals surface area contributed by atoms with Crippen LogP contribution in [0.4, 0.5) is 5.69 Å². The quantitative estimate of drug-likeness (QED) is 0.431. The van der Waals surface area contributed by atoms with Crippen molar-refractivity contribution in [3.63, 3.8) is 0 Å². The fraction of sp³-hybridized carbons (Fsp3) is 0. The largest absolute Gasteiger partial charge is 0.332 e. The molecule has 0 unspecified atom stereocenters. The zero-order valence-electron chi connectivity index (χ0n) is 9.18. The molecule has 0 spiro atoms. The maximum atomic E-state index is 5.19. The van der Waals surface area contributed by atoms with Crippen molar-refractivity contribution >= 4 is 23.0 Å². The van der Waals surface area contributed by atoms with Crippen molar-refractivity contribution in [2.75, 3.05) is 5.32 Å². The predicted molar refractivity (Wildman–Crippen MR) is 75.4 cm³/mol. The standard InChI is InChI=1S/C13H13N3S/c14-16-13(17)15-12-8-6-11(7-9-12)10-4-2-1-3-5-10/h1-9H,14H2,(H2,15,16,17). The van der Waals surface area contributed by atoms with Crippen molar-refractivity contribution < 1.29 is 0 Å². The summed E-state index contributed by atoms with van der Waals surface area (Å²) in [4.78, 5) is 0. The van der Waals surface area contributed by atoms with Crippen LogP contribution in [0.25, 0.3) is 11.1 Å². The second-order valence-electron chi connectivity index (χ2n) is 3.54. The molecule has 2 rings (SSSR count). The van der Waals surface area contributed by atoms with Crippen molar-refractivity contribution in [1.82, 2.24) is 5.43 Å². The molecule has 0 aliphatic rings. The molecule has 86 valence electrons. The van der Waals surface area contributed by atoms with Crippen LogP contribution in [0.15, 0.2) is 54.6 Å². The van der Waals surface area contributed by atoms with Gasteiger partial charge in [-0.1, -0.05) is 42.5 Å². The number of hydrogen-bond donors (Lipinski definition) is 3. The first kappa shape index (κ1) is 11.6. The SMILES string of the molecule is NNC(=S)Nc1ccc(-c2ccccc2)cc1. The van der Waals surface area contributed by atoms with Gasteiger partial charge in [-0.2, -0.15) is 0 Å². The number of nitrogens with one attached hydrogen (secondary N) is 2. The molecule has 0 heterocycles. The number of benzene rings is 2. The maximum Gasteiger partial charge on any atom is 0.185 e. The molecule has 3 nitrogen and oxygen atoms in total. The van der Waals surface area contributed by atoms with Gasteiger partial charge in [0.25, 0.3) is 0 Å². The highest BCUT2D eigenvalue weighted by molar-refractivity contribution is 7.80. The highest BCUT2D eigenvalue weighted by Crippen LogP contribution is 2.20.